The van der Waals surface area contributed by atoms with Crippen molar-refractivity contribution in [2.24, 2.45) is 0 Å². The zero-order valence-electron chi connectivity index (χ0n) is 18.8. The van der Waals surface area contributed by atoms with Crippen LogP contribution in [0.15, 0.2) is 84.9 Å². The zero-order chi connectivity index (χ0) is 22.7. The predicted octanol–water partition coefficient (Wildman–Crippen LogP) is 3.28. The quantitative estimate of drug-likeness (QED) is 0.568. The zero-order valence-corrected chi connectivity index (χ0v) is 18.8. The Labute approximate surface area is 189 Å². The first kappa shape index (κ1) is 21.8. The van der Waals surface area contributed by atoms with Crippen molar-refractivity contribution in [1.29, 1.82) is 0 Å². The van der Waals surface area contributed by atoms with Gasteiger partial charge in [-0.15, -0.1) is 0 Å². The third-order valence-electron chi connectivity index (χ3n) is 6.10. The second kappa shape index (κ2) is 8.97. The molecule has 0 saturated carbocycles. The van der Waals surface area contributed by atoms with Gasteiger partial charge in [-0.3, -0.25) is 4.79 Å². The van der Waals surface area contributed by atoms with E-state index in [-0.39, 0.29) is 18.6 Å². The van der Waals surface area contributed by atoms with Crippen LogP contribution in [0.4, 0.5) is 4.79 Å². The van der Waals surface area contributed by atoms with Gasteiger partial charge in [0.2, 0.25) is 0 Å². The van der Waals surface area contributed by atoms with Crippen molar-refractivity contribution in [2.75, 3.05) is 13.7 Å². The van der Waals surface area contributed by atoms with Crippen LogP contribution in [0.3, 0.4) is 0 Å². The molecule has 3 aromatic carbocycles. The van der Waals surface area contributed by atoms with Gasteiger partial charge >= 0.3 is 6.03 Å². The highest BCUT2D eigenvalue weighted by Gasteiger charge is 2.54. The summed E-state index contributed by atoms with van der Waals surface area (Å²) in [6.07, 6.45) is 0. The highest BCUT2D eigenvalue weighted by atomic mass is 16.2. The van der Waals surface area contributed by atoms with Gasteiger partial charge in [-0.1, -0.05) is 98.8 Å². The monoisotopic (exact) mass is 428 g/mol. The fourth-order valence-corrected chi connectivity index (χ4v) is 4.35. The average molecular weight is 429 g/mol. The largest absolute Gasteiger partial charge is 0.330 e. The number of hydrogen-bond donors (Lipinski definition) is 2. The van der Waals surface area contributed by atoms with Crippen LogP contribution in [0.2, 0.25) is 0 Å². The Morgan fingerprint density at radius 1 is 0.844 bits per heavy atom. The number of imide groups is 1. The number of carbonyl (C=O) groups excluding carboxylic acids is 2. The van der Waals surface area contributed by atoms with E-state index in [2.05, 4.69) is 43.4 Å². The molecule has 5 heteroatoms. The molecule has 0 aliphatic carbocycles. The first-order valence-corrected chi connectivity index (χ1v) is 11.1. The third-order valence-corrected chi connectivity index (χ3v) is 6.10. The number of carbonyl (C=O) groups is 2. The number of hydrogen-bond acceptors (Lipinski definition) is 2. The molecule has 164 valence electrons. The van der Waals surface area contributed by atoms with Crippen LogP contribution in [0, 0.1) is 0 Å². The minimum atomic E-state index is -1.21. The molecule has 1 unspecified atom stereocenters. The summed E-state index contributed by atoms with van der Waals surface area (Å²) < 4.78 is 0. The molecule has 0 radical (unpaired) electrons. The van der Waals surface area contributed by atoms with Crippen molar-refractivity contribution >= 4 is 11.9 Å². The van der Waals surface area contributed by atoms with E-state index in [0.29, 0.717) is 5.92 Å². The molecule has 3 amide bonds. The van der Waals surface area contributed by atoms with Gasteiger partial charge in [0.25, 0.3) is 5.91 Å². The normalized spacial score (nSPS) is 16.3. The number of nitrogens with zero attached hydrogens (tertiary/aromatic N) is 1. The molecule has 1 aliphatic rings. The molecular formula is C27H30N3O2+. The fourth-order valence-electron chi connectivity index (χ4n) is 4.35. The number of quaternary nitrogens is 1. The van der Waals surface area contributed by atoms with E-state index in [0.717, 1.165) is 22.6 Å². The Bertz CT molecular complexity index is 1040. The van der Waals surface area contributed by atoms with Crippen LogP contribution < -0.4 is 10.2 Å². The lowest BCUT2D eigenvalue weighted by atomic mass is 9.83. The summed E-state index contributed by atoms with van der Waals surface area (Å²) in [5, 5.41) is 3.01. The van der Waals surface area contributed by atoms with E-state index in [4.69, 9.17) is 0 Å². The van der Waals surface area contributed by atoms with Crippen molar-refractivity contribution in [3.05, 3.63) is 107 Å². The molecule has 1 heterocycles. The maximum atomic E-state index is 13.8. The van der Waals surface area contributed by atoms with Gasteiger partial charge in [-0.05, 0) is 22.6 Å². The molecule has 1 aliphatic heterocycles. The first-order valence-electron chi connectivity index (χ1n) is 11.1. The van der Waals surface area contributed by atoms with E-state index < -0.39 is 5.54 Å². The number of urea groups is 1. The molecule has 32 heavy (non-hydrogen) atoms. The van der Waals surface area contributed by atoms with Gasteiger partial charge in [0.15, 0.2) is 12.2 Å². The smallest absolute Gasteiger partial charge is 0.316 e. The van der Waals surface area contributed by atoms with Crippen molar-refractivity contribution in [3.8, 4) is 0 Å². The van der Waals surface area contributed by atoms with Gasteiger partial charge in [-0.25, -0.2) is 9.69 Å². The van der Waals surface area contributed by atoms with Crippen LogP contribution in [0.25, 0.3) is 0 Å². The topological polar surface area (TPSA) is 53.9 Å². The van der Waals surface area contributed by atoms with Gasteiger partial charge in [0.05, 0.1) is 7.05 Å². The Morgan fingerprint density at radius 3 is 1.88 bits per heavy atom. The number of nitrogens with one attached hydrogen (secondary N) is 2. The maximum absolute atomic E-state index is 13.8. The summed E-state index contributed by atoms with van der Waals surface area (Å²) >= 11 is 0. The Kier molecular flexibility index (Phi) is 6.10. The second-order valence-corrected chi connectivity index (χ2v) is 8.83. The summed E-state index contributed by atoms with van der Waals surface area (Å²) in [5.41, 5.74) is 2.79. The Hall–Kier alpha value is -3.44. The lowest BCUT2D eigenvalue weighted by Crippen LogP contribution is -3.09. The molecule has 1 saturated heterocycles. The van der Waals surface area contributed by atoms with Crippen LogP contribution in [0.1, 0.15) is 42.0 Å². The van der Waals surface area contributed by atoms with Crippen molar-refractivity contribution < 1.29 is 14.5 Å². The lowest BCUT2D eigenvalue weighted by molar-refractivity contribution is -0.901. The van der Waals surface area contributed by atoms with E-state index in [1.807, 2.05) is 67.7 Å². The molecule has 0 bridgehead atoms. The standard InChI is InChI=1S/C27H29N3O2/c1-20(2)22-16-14-21(15-17-22)18-29(3)19-30-25(31)27(28-26(30)32,23-10-6-4-7-11-23)24-12-8-5-9-13-24/h4-17,20H,18-19H2,1-3H3,(H,28,32)/p+1. The lowest BCUT2D eigenvalue weighted by Gasteiger charge is -2.28. The minimum Gasteiger partial charge on any atom is -0.316 e. The summed E-state index contributed by atoms with van der Waals surface area (Å²) in [7, 11) is 2.00. The van der Waals surface area contributed by atoms with E-state index >= 15 is 0 Å². The van der Waals surface area contributed by atoms with Gasteiger partial charge in [-0.2, -0.15) is 0 Å². The van der Waals surface area contributed by atoms with Gasteiger partial charge in [0.1, 0.15) is 6.54 Å². The summed E-state index contributed by atoms with van der Waals surface area (Å²) in [4.78, 5) is 29.2. The molecule has 0 spiro atoms. The summed E-state index contributed by atoms with van der Waals surface area (Å²) in [6.45, 7) is 5.36. The maximum Gasteiger partial charge on any atom is 0.330 e. The summed E-state index contributed by atoms with van der Waals surface area (Å²) in [6, 6.07) is 27.1. The van der Waals surface area contributed by atoms with Gasteiger partial charge in [0, 0.05) is 5.56 Å². The molecular weight excluding hydrogens is 398 g/mol. The number of benzene rings is 3. The van der Waals surface area contributed by atoms with Crippen LogP contribution in [-0.2, 0) is 16.9 Å². The van der Waals surface area contributed by atoms with Crippen LogP contribution in [-0.4, -0.2) is 30.6 Å². The molecule has 5 nitrogen and oxygen atoms in total. The molecule has 3 aromatic rings. The van der Waals surface area contributed by atoms with Gasteiger partial charge < -0.3 is 10.2 Å². The van der Waals surface area contributed by atoms with Crippen LogP contribution >= 0.6 is 0 Å². The van der Waals surface area contributed by atoms with Crippen molar-refractivity contribution in [2.45, 2.75) is 31.8 Å². The predicted molar refractivity (Wildman–Crippen MR) is 125 cm³/mol. The average Bonchev–Trinajstić information content (AvgIpc) is 3.06. The highest BCUT2D eigenvalue weighted by Crippen LogP contribution is 2.35. The molecule has 0 aromatic heterocycles. The molecule has 1 fully saturated rings. The van der Waals surface area contributed by atoms with Crippen molar-refractivity contribution in [1.82, 2.24) is 10.2 Å². The summed E-state index contributed by atoms with van der Waals surface area (Å²) in [5.74, 6) is 0.249. The fraction of sp³-hybridized carbons (Fsp3) is 0.259. The molecule has 1 atom stereocenters. The minimum absolute atomic E-state index is 0.241. The number of amides is 3. The van der Waals surface area contributed by atoms with E-state index in [1.54, 1.807) is 0 Å². The van der Waals surface area contributed by atoms with E-state index in [1.165, 1.54) is 16.0 Å². The third kappa shape index (κ3) is 4.04. The van der Waals surface area contributed by atoms with Crippen LogP contribution in [0.5, 0.6) is 0 Å². The van der Waals surface area contributed by atoms with Crippen molar-refractivity contribution in [3.63, 3.8) is 0 Å². The SMILES string of the molecule is CC(C)c1ccc(C[NH+](C)CN2C(=O)NC(c3ccccc3)(c3ccccc3)C2=O)cc1. The Balaban J connectivity index is 1.58. The first-order chi connectivity index (χ1) is 15.4. The van der Waals surface area contributed by atoms with E-state index in [9.17, 15) is 9.59 Å². The Morgan fingerprint density at radius 2 is 1.38 bits per heavy atom. The second-order valence-electron chi connectivity index (χ2n) is 8.83. The highest BCUT2D eigenvalue weighted by molar-refractivity contribution is 6.09. The molecule has 2 N–H and O–H groups in total. The number of rotatable bonds is 7. The molecule has 4 rings (SSSR count).